The molecule has 0 N–H and O–H groups in total. The van der Waals surface area contributed by atoms with Gasteiger partial charge in [0.1, 0.15) is 0 Å². The van der Waals surface area contributed by atoms with Crippen molar-refractivity contribution in [2.75, 3.05) is 27.3 Å². The van der Waals surface area contributed by atoms with Crippen LogP contribution in [0, 0.1) is 5.92 Å². The van der Waals surface area contributed by atoms with E-state index in [1.807, 2.05) is 23.1 Å². The summed E-state index contributed by atoms with van der Waals surface area (Å²) in [5.41, 5.74) is 1.44. The largest absolute Gasteiger partial charge is 0.493 e. The molecule has 2 aromatic rings. The fourth-order valence-electron chi connectivity index (χ4n) is 3.40. The van der Waals surface area contributed by atoms with Crippen LogP contribution < -0.4 is 15.0 Å². The maximum Gasteiger partial charge on any atom is 0.266 e. The minimum atomic E-state index is -0.117. The maximum absolute atomic E-state index is 12.3. The summed E-state index contributed by atoms with van der Waals surface area (Å²) in [5.74, 6) is 1.71. The smallest absolute Gasteiger partial charge is 0.266 e. The van der Waals surface area contributed by atoms with Gasteiger partial charge in [-0.05, 0) is 43.0 Å². The number of nitrogens with zero attached hydrogens (tertiary/aromatic N) is 3. The van der Waals surface area contributed by atoms with Crippen LogP contribution in [0.1, 0.15) is 19.8 Å². The number of aromatic nitrogens is 2. The second-order valence-electron chi connectivity index (χ2n) is 6.76. The fraction of sp³-hybridized carbons (Fsp3) is 0.450. The number of methoxy groups -OCH3 is 2. The molecule has 3 rings (SSSR count). The number of rotatable bonds is 5. The van der Waals surface area contributed by atoms with Crippen molar-refractivity contribution >= 4 is 5.91 Å². The zero-order valence-electron chi connectivity index (χ0n) is 16.0. The van der Waals surface area contributed by atoms with Crippen LogP contribution in [0.5, 0.6) is 11.5 Å². The van der Waals surface area contributed by atoms with Crippen molar-refractivity contribution < 1.29 is 14.3 Å². The standard InChI is InChI=1S/C20H25N3O4/c1-14(24)22-10-8-15(9-11-22)13-23-20(25)7-5-17(21-23)16-4-6-18(26-2)19(12-16)27-3/h4-7,12,15H,8-11,13H2,1-3H3. The Bertz CT molecular complexity index is 870. The van der Waals surface area contributed by atoms with E-state index in [2.05, 4.69) is 5.10 Å². The summed E-state index contributed by atoms with van der Waals surface area (Å²) in [4.78, 5) is 25.6. The van der Waals surface area contributed by atoms with Crippen LogP contribution in [0.25, 0.3) is 11.3 Å². The topological polar surface area (TPSA) is 73.7 Å². The molecule has 1 aliphatic heterocycles. The average Bonchev–Trinajstić information content (AvgIpc) is 2.69. The highest BCUT2D eigenvalue weighted by Crippen LogP contribution is 2.31. The lowest BCUT2D eigenvalue weighted by atomic mass is 9.97. The van der Waals surface area contributed by atoms with Crippen molar-refractivity contribution in [3.63, 3.8) is 0 Å². The molecule has 1 aromatic carbocycles. The Hall–Kier alpha value is -2.83. The number of amides is 1. The summed E-state index contributed by atoms with van der Waals surface area (Å²) < 4.78 is 12.1. The Morgan fingerprint density at radius 2 is 1.81 bits per heavy atom. The number of carbonyl (C=O) groups excluding carboxylic acids is 1. The SMILES string of the molecule is COc1ccc(-c2ccc(=O)n(CC3CCN(C(C)=O)CC3)n2)cc1OC. The van der Waals surface area contributed by atoms with Gasteiger partial charge in [0.2, 0.25) is 5.91 Å². The number of hydrogen-bond acceptors (Lipinski definition) is 5. The van der Waals surface area contributed by atoms with Gasteiger partial charge in [-0.2, -0.15) is 5.10 Å². The van der Waals surface area contributed by atoms with Gasteiger partial charge in [-0.25, -0.2) is 4.68 Å². The molecule has 144 valence electrons. The maximum atomic E-state index is 12.3. The van der Waals surface area contributed by atoms with Crippen molar-refractivity contribution in [1.29, 1.82) is 0 Å². The molecule has 0 aliphatic carbocycles. The van der Waals surface area contributed by atoms with Gasteiger partial charge < -0.3 is 14.4 Å². The molecule has 27 heavy (non-hydrogen) atoms. The molecule has 1 saturated heterocycles. The molecular formula is C20H25N3O4. The van der Waals surface area contributed by atoms with Gasteiger partial charge in [0.25, 0.3) is 5.56 Å². The van der Waals surface area contributed by atoms with Crippen molar-refractivity contribution in [3.8, 4) is 22.8 Å². The molecular weight excluding hydrogens is 346 g/mol. The monoisotopic (exact) mass is 371 g/mol. The first-order chi connectivity index (χ1) is 13.0. The van der Waals surface area contributed by atoms with Gasteiger partial charge in [0, 0.05) is 38.2 Å². The third kappa shape index (κ3) is 4.30. The summed E-state index contributed by atoms with van der Waals surface area (Å²) in [6.07, 6.45) is 1.77. The van der Waals surface area contributed by atoms with Crippen molar-refractivity contribution in [2.24, 2.45) is 5.92 Å². The fourth-order valence-corrected chi connectivity index (χ4v) is 3.40. The van der Waals surface area contributed by atoms with E-state index < -0.39 is 0 Å². The van der Waals surface area contributed by atoms with Crippen molar-refractivity contribution in [3.05, 3.63) is 40.7 Å². The Kier molecular flexibility index (Phi) is 5.78. The molecule has 0 saturated carbocycles. The second kappa shape index (κ2) is 8.24. The molecule has 7 nitrogen and oxygen atoms in total. The van der Waals surface area contributed by atoms with E-state index >= 15 is 0 Å². The Morgan fingerprint density at radius 3 is 2.44 bits per heavy atom. The molecule has 1 fully saturated rings. The number of likely N-dealkylation sites (tertiary alicyclic amines) is 1. The molecule has 7 heteroatoms. The van der Waals surface area contributed by atoms with Gasteiger partial charge in [0.15, 0.2) is 11.5 Å². The van der Waals surface area contributed by atoms with Gasteiger partial charge in [0.05, 0.1) is 19.9 Å². The lowest BCUT2D eigenvalue weighted by molar-refractivity contribution is -0.130. The highest BCUT2D eigenvalue weighted by atomic mass is 16.5. The molecule has 1 aromatic heterocycles. The number of benzene rings is 1. The third-order valence-electron chi connectivity index (χ3n) is 5.04. The van der Waals surface area contributed by atoms with Gasteiger partial charge in [-0.3, -0.25) is 9.59 Å². The summed E-state index contributed by atoms with van der Waals surface area (Å²) in [7, 11) is 3.18. The average molecular weight is 371 g/mol. The molecule has 1 aliphatic rings. The molecule has 0 unspecified atom stereocenters. The van der Waals surface area contributed by atoms with Crippen LogP contribution >= 0.6 is 0 Å². The highest BCUT2D eigenvalue weighted by molar-refractivity contribution is 5.73. The van der Waals surface area contributed by atoms with Crippen LogP contribution in [0.3, 0.4) is 0 Å². The lowest BCUT2D eigenvalue weighted by Crippen LogP contribution is -2.39. The van der Waals surface area contributed by atoms with Crippen LogP contribution in [0.2, 0.25) is 0 Å². The second-order valence-corrected chi connectivity index (χ2v) is 6.76. The highest BCUT2D eigenvalue weighted by Gasteiger charge is 2.21. The lowest BCUT2D eigenvalue weighted by Gasteiger charge is -2.31. The summed E-state index contributed by atoms with van der Waals surface area (Å²) >= 11 is 0. The van der Waals surface area contributed by atoms with E-state index in [9.17, 15) is 9.59 Å². The van der Waals surface area contributed by atoms with Gasteiger partial charge in [-0.15, -0.1) is 0 Å². The Morgan fingerprint density at radius 1 is 1.11 bits per heavy atom. The van der Waals surface area contributed by atoms with Gasteiger partial charge >= 0.3 is 0 Å². The van der Waals surface area contributed by atoms with E-state index in [4.69, 9.17) is 9.47 Å². The van der Waals surface area contributed by atoms with Crippen LogP contribution in [-0.4, -0.2) is 47.9 Å². The molecule has 0 radical (unpaired) electrons. The molecule has 0 bridgehead atoms. The van der Waals surface area contributed by atoms with E-state index in [1.54, 1.807) is 33.3 Å². The van der Waals surface area contributed by atoms with Crippen LogP contribution in [0.15, 0.2) is 35.1 Å². The van der Waals surface area contributed by atoms with E-state index in [0.29, 0.717) is 29.7 Å². The number of ether oxygens (including phenoxy) is 2. The minimum absolute atomic E-state index is 0.110. The van der Waals surface area contributed by atoms with Crippen LogP contribution in [-0.2, 0) is 11.3 Å². The first-order valence-electron chi connectivity index (χ1n) is 9.08. The molecule has 0 atom stereocenters. The summed E-state index contributed by atoms with van der Waals surface area (Å²) in [6, 6.07) is 8.83. The number of hydrogen-bond donors (Lipinski definition) is 0. The summed E-state index contributed by atoms with van der Waals surface area (Å²) in [5, 5.41) is 4.55. The van der Waals surface area contributed by atoms with E-state index in [-0.39, 0.29) is 11.5 Å². The first-order valence-corrected chi connectivity index (χ1v) is 9.08. The van der Waals surface area contributed by atoms with Crippen molar-refractivity contribution in [1.82, 2.24) is 14.7 Å². The molecule has 1 amide bonds. The normalized spacial score (nSPS) is 14.9. The molecule has 2 heterocycles. The van der Waals surface area contributed by atoms with Crippen molar-refractivity contribution in [2.45, 2.75) is 26.3 Å². The third-order valence-corrected chi connectivity index (χ3v) is 5.04. The summed E-state index contributed by atoms with van der Waals surface area (Å²) in [6.45, 7) is 3.64. The first kappa shape index (κ1) is 18.9. The Labute approximate surface area is 158 Å². The molecule has 0 spiro atoms. The predicted octanol–water partition coefficient (Wildman–Crippen LogP) is 2.19. The Balaban J connectivity index is 1.79. The number of piperidine rings is 1. The minimum Gasteiger partial charge on any atom is -0.493 e. The number of carbonyl (C=O) groups is 1. The van der Waals surface area contributed by atoms with Gasteiger partial charge in [-0.1, -0.05) is 0 Å². The zero-order valence-corrected chi connectivity index (χ0v) is 16.0. The van der Waals surface area contributed by atoms with E-state index in [0.717, 1.165) is 31.5 Å². The quantitative estimate of drug-likeness (QED) is 0.805. The van der Waals surface area contributed by atoms with Crippen LogP contribution in [0.4, 0.5) is 0 Å². The predicted molar refractivity (Wildman–Crippen MR) is 102 cm³/mol. The van der Waals surface area contributed by atoms with E-state index in [1.165, 1.54) is 4.68 Å². The zero-order chi connectivity index (χ0) is 19.4.